The van der Waals surface area contributed by atoms with E-state index in [0.29, 0.717) is 17.9 Å². The summed E-state index contributed by atoms with van der Waals surface area (Å²) in [6, 6.07) is 2.84. The highest BCUT2D eigenvalue weighted by Gasteiger charge is 2.23. The zero-order valence-electron chi connectivity index (χ0n) is 13.0. The van der Waals surface area contributed by atoms with Crippen molar-refractivity contribution >= 4 is 5.69 Å². The Morgan fingerprint density at radius 1 is 1.19 bits per heavy atom. The summed E-state index contributed by atoms with van der Waals surface area (Å²) in [5.74, 6) is -0.222. The van der Waals surface area contributed by atoms with Gasteiger partial charge in [0, 0.05) is 19.1 Å². The second-order valence-electron chi connectivity index (χ2n) is 6.12. The molecule has 0 bridgehead atoms. The second-order valence-corrected chi connectivity index (χ2v) is 6.12. The molecular formula is C17H26F2N2. The third kappa shape index (κ3) is 3.94. The van der Waals surface area contributed by atoms with Gasteiger partial charge in [-0.1, -0.05) is 20.3 Å². The van der Waals surface area contributed by atoms with Crippen molar-refractivity contribution in [3.63, 3.8) is 0 Å². The quantitative estimate of drug-likeness (QED) is 0.893. The third-order valence-electron chi connectivity index (χ3n) is 4.61. The maximum absolute atomic E-state index is 14.3. The molecule has 1 atom stereocenters. The predicted molar refractivity (Wildman–Crippen MR) is 83.6 cm³/mol. The summed E-state index contributed by atoms with van der Waals surface area (Å²) in [4.78, 5) is 1.85. The van der Waals surface area contributed by atoms with Crippen molar-refractivity contribution in [2.24, 2.45) is 11.7 Å². The standard InChI is InChI=1S/C17H26F2N2/c1-3-12-5-7-21(8-6-12)17-15(18)10-13(11-16(17)19)9-14(20)4-2/h10-12,14H,3-9,20H2,1-2H3. The number of halogens is 2. The Balaban J connectivity index is 2.14. The van der Waals surface area contributed by atoms with E-state index in [0.717, 1.165) is 38.8 Å². The molecule has 2 N–H and O–H groups in total. The summed E-state index contributed by atoms with van der Waals surface area (Å²) in [5, 5.41) is 0. The molecular weight excluding hydrogens is 270 g/mol. The fourth-order valence-corrected chi connectivity index (χ4v) is 3.05. The lowest BCUT2D eigenvalue weighted by Crippen LogP contribution is -2.34. The lowest BCUT2D eigenvalue weighted by molar-refractivity contribution is 0.389. The third-order valence-corrected chi connectivity index (χ3v) is 4.61. The molecule has 0 radical (unpaired) electrons. The van der Waals surface area contributed by atoms with Crippen LogP contribution in [0.15, 0.2) is 12.1 Å². The highest BCUT2D eigenvalue weighted by atomic mass is 19.1. The van der Waals surface area contributed by atoms with E-state index in [4.69, 9.17) is 5.73 Å². The molecule has 2 nitrogen and oxygen atoms in total. The lowest BCUT2D eigenvalue weighted by atomic mass is 9.94. The first kappa shape index (κ1) is 16.2. The van der Waals surface area contributed by atoms with E-state index in [2.05, 4.69) is 6.92 Å². The summed E-state index contributed by atoms with van der Waals surface area (Å²) in [7, 11) is 0. The molecule has 1 fully saturated rings. The molecule has 4 heteroatoms. The number of piperidine rings is 1. The highest BCUT2D eigenvalue weighted by molar-refractivity contribution is 5.51. The largest absolute Gasteiger partial charge is 0.367 e. The van der Waals surface area contributed by atoms with Gasteiger partial charge in [-0.25, -0.2) is 8.78 Å². The molecule has 0 aliphatic carbocycles. The van der Waals surface area contributed by atoms with Gasteiger partial charge in [-0.2, -0.15) is 0 Å². The molecule has 1 saturated heterocycles. The van der Waals surface area contributed by atoms with E-state index in [1.807, 2.05) is 11.8 Å². The molecule has 21 heavy (non-hydrogen) atoms. The average molecular weight is 296 g/mol. The number of anilines is 1. The minimum absolute atomic E-state index is 0.0463. The molecule has 0 amide bonds. The van der Waals surface area contributed by atoms with Crippen LogP contribution < -0.4 is 10.6 Å². The Bertz CT molecular complexity index is 445. The van der Waals surface area contributed by atoms with Crippen molar-refractivity contribution in [1.29, 1.82) is 0 Å². The van der Waals surface area contributed by atoms with E-state index in [1.165, 1.54) is 12.1 Å². The highest BCUT2D eigenvalue weighted by Crippen LogP contribution is 2.30. The Hall–Kier alpha value is -1.16. The summed E-state index contributed by atoms with van der Waals surface area (Å²) in [6.45, 7) is 5.62. The van der Waals surface area contributed by atoms with Gasteiger partial charge in [0.25, 0.3) is 0 Å². The van der Waals surface area contributed by atoms with Crippen LogP contribution in [0.3, 0.4) is 0 Å². The van der Waals surface area contributed by atoms with Crippen LogP contribution in [-0.2, 0) is 6.42 Å². The average Bonchev–Trinajstić information content (AvgIpc) is 2.47. The number of hydrogen-bond acceptors (Lipinski definition) is 2. The van der Waals surface area contributed by atoms with Crippen molar-refractivity contribution in [3.05, 3.63) is 29.3 Å². The topological polar surface area (TPSA) is 29.3 Å². The van der Waals surface area contributed by atoms with Gasteiger partial charge in [0.05, 0.1) is 0 Å². The molecule has 1 aliphatic rings. The van der Waals surface area contributed by atoms with Gasteiger partial charge in [-0.05, 0) is 49.3 Å². The molecule has 0 saturated carbocycles. The first-order valence-electron chi connectivity index (χ1n) is 8.03. The SMILES string of the molecule is CCC(N)Cc1cc(F)c(N2CCC(CC)CC2)c(F)c1. The van der Waals surface area contributed by atoms with Crippen LogP contribution in [0, 0.1) is 17.6 Å². The summed E-state index contributed by atoms with van der Waals surface area (Å²) in [5.41, 5.74) is 6.64. The van der Waals surface area contributed by atoms with Crippen molar-refractivity contribution in [2.45, 2.75) is 52.0 Å². The molecule has 1 unspecified atom stereocenters. The first-order chi connectivity index (χ1) is 10.0. The van der Waals surface area contributed by atoms with Gasteiger partial charge in [0.1, 0.15) is 17.3 Å². The maximum Gasteiger partial charge on any atom is 0.149 e. The smallest absolute Gasteiger partial charge is 0.149 e. The van der Waals surface area contributed by atoms with Gasteiger partial charge in [-0.3, -0.25) is 0 Å². The van der Waals surface area contributed by atoms with Crippen LogP contribution in [0.25, 0.3) is 0 Å². The molecule has 1 heterocycles. The number of nitrogens with two attached hydrogens (primary N) is 1. The summed E-state index contributed by atoms with van der Waals surface area (Å²) in [6.07, 6.45) is 4.49. The molecule has 1 aromatic carbocycles. The number of nitrogens with zero attached hydrogens (tertiary/aromatic N) is 1. The van der Waals surface area contributed by atoms with E-state index in [9.17, 15) is 8.78 Å². The van der Waals surface area contributed by atoms with Crippen LogP contribution in [0.2, 0.25) is 0 Å². The van der Waals surface area contributed by atoms with Crippen LogP contribution >= 0.6 is 0 Å². The first-order valence-corrected chi connectivity index (χ1v) is 8.03. The van der Waals surface area contributed by atoms with Gasteiger partial charge in [-0.15, -0.1) is 0 Å². The predicted octanol–water partition coefficient (Wildman–Crippen LogP) is 3.87. The molecule has 1 aromatic rings. The maximum atomic E-state index is 14.3. The Morgan fingerprint density at radius 2 is 1.76 bits per heavy atom. The fourth-order valence-electron chi connectivity index (χ4n) is 3.05. The van der Waals surface area contributed by atoms with E-state index in [1.54, 1.807) is 0 Å². The van der Waals surface area contributed by atoms with Crippen LogP contribution in [0.1, 0.15) is 45.1 Å². The van der Waals surface area contributed by atoms with Crippen molar-refractivity contribution < 1.29 is 8.78 Å². The van der Waals surface area contributed by atoms with Crippen LogP contribution in [0.5, 0.6) is 0 Å². The Labute approximate surface area is 126 Å². The Kier molecular flexibility index (Phi) is 5.57. The molecule has 118 valence electrons. The Morgan fingerprint density at radius 3 is 2.24 bits per heavy atom. The minimum atomic E-state index is -0.455. The number of benzene rings is 1. The minimum Gasteiger partial charge on any atom is -0.367 e. The molecule has 1 aliphatic heterocycles. The van der Waals surface area contributed by atoms with Crippen LogP contribution in [-0.4, -0.2) is 19.1 Å². The van der Waals surface area contributed by atoms with Gasteiger partial charge in [0.2, 0.25) is 0 Å². The van der Waals surface area contributed by atoms with Crippen LogP contribution in [0.4, 0.5) is 14.5 Å². The fraction of sp³-hybridized carbons (Fsp3) is 0.647. The second kappa shape index (κ2) is 7.21. The normalized spacial score (nSPS) is 18.0. The van der Waals surface area contributed by atoms with Gasteiger partial charge >= 0.3 is 0 Å². The number of hydrogen-bond donors (Lipinski definition) is 1. The lowest BCUT2D eigenvalue weighted by Gasteiger charge is -2.33. The van der Waals surface area contributed by atoms with Crippen molar-refractivity contribution in [3.8, 4) is 0 Å². The summed E-state index contributed by atoms with van der Waals surface area (Å²) < 4.78 is 28.6. The zero-order valence-corrected chi connectivity index (χ0v) is 13.0. The molecule has 2 rings (SSSR count). The summed E-state index contributed by atoms with van der Waals surface area (Å²) >= 11 is 0. The van der Waals surface area contributed by atoms with Crippen molar-refractivity contribution in [2.75, 3.05) is 18.0 Å². The number of rotatable bonds is 5. The van der Waals surface area contributed by atoms with E-state index in [-0.39, 0.29) is 11.7 Å². The van der Waals surface area contributed by atoms with Gasteiger partial charge < -0.3 is 10.6 Å². The molecule has 0 aromatic heterocycles. The van der Waals surface area contributed by atoms with Crippen molar-refractivity contribution in [1.82, 2.24) is 0 Å². The van der Waals surface area contributed by atoms with Gasteiger partial charge in [0.15, 0.2) is 0 Å². The van der Waals surface area contributed by atoms with E-state index >= 15 is 0 Å². The van der Waals surface area contributed by atoms with E-state index < -0.39 is 11.6 Å². The zero-order chi connectivity index (χ0) is 15.4. The molecule has 0 spiro atoms. The monoisotopic (exact) mass is 296 g/mol.